The number of ether oxygens (including phenoxy) is 1. The van der Waals surface area contributed by atoms with E-state index in [1.54, 1.807) is 12.4 Å². The van der Waals surface area contributed by atoms with Crippen LogP contribution in [0.15, 0.2) is 23.6 Å². The van der Waals surface area contributed by atoms with Crippen LogP contribution in [0.1, 0.15) is 0 Å². The Morgan fingerprint density at radius 3 is 2.83 bits per heavy atom. The van der Waals surface area contributed by atoms with E-state index >= 15 is 0 Å². The lowest BCUT2D eigenvalue weighted by Crippen LogP contribution is -2.01. The third kappa shape index (κ3) is 2.88. The molecule has 18 heavy (non-hydrogen) atoms. The lowest BCUT2D eigenvalue weighted by Gasteiger charge is -2.07. The van der Waals surface area contributed by atoms with Crippen molar-refractivity contribution in [2.45, 2.75) is 6.61 Å². The third-order valence-corrected chi connectivity index (χ3v) is 3.35. The van der Waals surface area contributed by atoms with Crippen molar-refractivity contribution in [2.24, 2.45) is 0 Å². The van der Waals surface area contributed by atoms with E-state index in [1.807, 2.05) is 0 Å². The van der Waals surface area contributed by atoms with Crippen molar-refractivity contribution in [3.8, 4) is 17.0 Å². The first-order valence-corrected chi connectivity index (χ1v) is 6.24. The SMILES string of the molecule is CNc1nc(-c2cc(OC(F)F)ccc2Cl)cs1. The molecule has 2 aromatic rings. The van der Waals surface area contributed by atoms with Gasteiger partial charge in [0.2, 0.25) is 0 Å². The Hall–Kier alpha value is -1.40. The van der Waals surface area contributed by atoms with Gasteiger partial charge in [-0.1, -0.05) is 11.6 Å². The Morgan fingerprint density at radius 1 is 1.44 bits per heavy atom. The summed E-state index contributed by atoms with van der Waals surface area (Å²) in [5.74, 6) is 0.0587. The quantitative estimate of drug-likeness (QED) is 0.920. The molecule has 0 unspecified atom stereocenters. The minimum Gasteiger partial charge on any atom is -0.435 e. The normalized spacial score (nSPS) is 10.7. The molecule has 3 nitrogen and oxygen atoms in total. The molecule has 0 saturated heterocycles. The van der Waals surface area contributed by atoms with Crippen LogP contribution in [0.3, 0.4) is 0 Å². The van der Waals surface area contributed by atoms with E-state index < -0.39 is 6.61 Å². The average molecular weight is 291 g/mol. The summed E-state index contributed by atoms with van der Waals surface area (Å²) in [4.78, 5) is 4.26. The fourth-order valence-electron chi connectivity index (χ4n) is 1.39. The smallest absolute Gasteiger partial charge is 0.387 e. The molecule has 0 aliphatic rings. The van der Waals surface area contributed by atoms with Crippen molar-refractivity contribution >= 4 is 28.1 Å². The van der Waals surface area contributed by atoms with Gasteiger partial charge in [0, 0.05) is 18.0 Å². The molecular weight excluding hydrogens is 282 g/mol. The van der Waals surface area contributed by atoms with Gasteiger partial charge in [0.25, 0.3) is 0 Å². The molecule has 1 aromatic heterocycles. The number of hydrogen-bond donors (Lipinski definition) is 1. The minimum absolute atomic E-state index is 0.0587. The van der Waals surface area contributed by atoms with Crippen LogP contribution < -0.4 is 10.1 Å². The summed E-state index contributed by atoms with van der Waals surface area (Å²) in [5, 5.41) is 5.85. The summed E-state index contributed by atoms with van der Waals surface area (Å²) in [5.41, 5.74) is 1.18. The molecule has 0 atom stereocenters. The molecule has 0 aliphatic heterocycles. The Labute approximate surface area is 111 Å². The maximum Gasteiger partial charge on any atom is 0.387 e. The molecular formula is C11H9ClF2N2OS. The molecule has 96 valence electrons. The van der Waals surface area contributed by atoms with Gasteiger partial charge < -0.3 is 10.1 Å². The number of aromatic nitrogens is 1. The molecule has 1 N–H and O–H groups in total. The van der Waals surface area contributed by atoms with Crippen molar-refractivity contribution < 1.29 is 13.5 Å². The molecule has 0 amide bonds. The number of hydrogen-bond acceptors (Lipinski definition) is 4. The largest absolute Gasteiger partial charge is 0.435 e. The average Bonchev–Trinajstić information content (AvgIpc) is 2.79. The van der Waals surface area contributed by atoms with Crippen LogP contribution in [0.4, 0.5) is 13.9 Å². The number of rotatable bonds is 4. The van der Waals surface area contributed by atoms with E-state index in [9.17, 15) is 8.78 Å². The van der Waals surface area contributed by atoms with Crippen LogP contribution in [-0.2, 0) is 0 Å². The highest BCUT2D eigenvalue weighted by molar-refractivity contribution is 7.14. The molecule has 1 heterocycles. The van der Waals surface area contributed by atoms with Crippen LogP contribution in [0.5, 0.6) is 5.75 Å². The molecule has 0 radical (unpaired) electrons. The van der Waals surface area contributed by atoms with Gasteiger partial charge in [0.15, 0.2) is 5.13 Å². The maximum absolute atomic E-state index is 12.1. The van der Waals surface area contributed by atoms with Gasteiger partial charge in [-0.3, -0.25) is 0 Å². The first kappa shape index (κ1) is 13.0. The summed E-state index contributed by atoms with van der Waals surface area (Å²) in [6, 6.07) is 4.35. The molecule has 2 rings (SSSR count). The van der Waals surface area contributed by atoms with Crippen molar-refractivity contribution in [2.75, 3.05) is 12.4 Å². The summed E-state index contributed by atoms with van der Waals surface area (Å²) in [6.45, 7) is -2.86. The summed E-state index contributed by atoms with van der Waals surface area (Å²) >= 11 is 7.42. The Bertz CT molecular complexity index is 548. The van der Waals surface area contributed by atoms with Gasteiger partial charge >= 0.3 is 6.61 Å². The van der Waals surface area contributed by atoms with E-state index in [0.717, 1.165) is 5.13 Å². The van der Waals surface area contributed by atoms with Crippen molar-refractivity contribution in [3.63, 3.8) is 0 Å². The van der Waals surface area contributed by atoms with Crippen molar-refractivity contribution in [1.82, 2.24) is 4.98 Å². The molecule has 0 aliphatic carbocycles. The maximum atomic E-state index is 12.1. The highest BCUT2D eigenvalue weighted by Crippen LogP contribution is 2.33. The number of alkyl halides is 2. The molecule has 0 spiro atoms. The molecule has 7 heteroatoms. The summed E-state index contributed by atoms with van der Waals surface area (Å²) < 4.78 is 28.6. The van der Waals surface area contributed by atoms with Crippen LogP contribution in [0.2, 0.25) is 5.02 Å². The fourth-order valence-corrected chi connectivity index (χ4v) is 2.28. The van der Waals surface area contributed by atoms with E-state index in [1.165, 1.54) is 29.5 Å². The number of benzene rings is 1. The highest BCUT2D eigenvalue weighted by atomic mass is 35.5. The Kier molecular flexibility index (Phi) is 3.98. The predicted octanol–water partition coefficient (Wildman–Crippen LogP) is 4.11. The second-order valence-electron chi connectivity index (χ2n) is 3.31. The van der Waals surface area contributed by atoms with Crippen LogP contribution in [-0.4, -0.2) is 18.6 Å². The van der Waals surface area contributed by atoms with E-state index in [0.29, 0.717) is 16.3 Å². The second kappa shape index (κ2) is 5.49. The first-order chi connectivity index (χ1) is 8.60. The monoisotopic (exact) mass is 290 g/mol. The zero-order valence-electron chi connectivity index (χ0n) is 9.28. The van der Waals surface area contributed by atoms with Gasteiger partial charge in [-0.05, 0) is 18.2 Å². The van der Waals surface area contributed by atoms with E-state index in [-0.39, 0.29) is 5.75 Å². The third-order valence-electron chi connectivity index (χ3n) is 2.16. The predicted molar refractivity (Wildman–Crippen MR) is 68.7 cm³/mol. The number of halogens is 3. The molecule has 1 aromatic carbocycles. The zero-order chi connectivity index (χ0) is 13.1. The highest BCUT2D eigenvalue weighted by Gasteiger charge is 2.11. The lowest BCUT2D eigenvalue weighted by atomic mass is 10.1. The van der Waals surface area contributed by atoms with Gasteiger partial charge in [0.1, 0.15) is 5.75 Å². The standard InChI is InChI=1S/C11H9ClF2N2OS/c1-15-11-16-9(5-18-11)7-4-6(17-10(13)14)2-3-8(7)12/h2-5,10H,1H3,(H,15,16). The molecule has 0 bridgehead atoms. The van der Waals surface area contributed by atoms with Crippen LogP contribution >= 0.6 is 22.9 Å². The van der Waals surface area contributed by atoms with Gasteiger partial charge in [-0.25, -0.2) is 4.98 Å². The number of anilines is 1. The number of nitrogens with one attached hydrogen (secondary N) is 1. The molecule has 0 fully saturated rings. The lowest BCUT2D eigenvalue weighted by molar-refractivity contribution is -0.0498. The summed E-state index contributed by atoms with van der Waals surface area (Å²) in [6.07, 6.45) is 0. The fraction of sp³-hybridized carbons (Fsp3) is 0.182. The molecule has 0 saturated carbocycles. The van der Waals surface area contributed by atoms with Crippen molar-refractivity contribution in [1.29, 1.82) is 0 Å². The zero-order valence-corrected chi connectivity index (χ0v) is 10.9. The van der Waals surface area contributed by atoms with E-state index in [4.69, 9.17) is 11.6 Å². The second-order valence-corrected chi connectivity index (χ2v) is 4.57. The summed E-state index contributed by atoms with van der Waals surface area (Å²) in [7, 11) is 1.75. The van der Waals surface area contributed by atoms with Gasteiger partial charge in [-0.15, -0.1) is 11.3 Å². The number of thiazole rings is 1. The van der Waals surface area contributed by atoms with Crippen molar-refractivity contribution in [3.05, 3.63) is 28.6 Å². The first-order valence-electron chi connectivity index (χ1n) is 4.98. The number of nitrogens with zero attached hydrogens (tertiary/aromatic N) is 1. The Morgan fingerprint density at radius 2 is 2.22 bits per heavy atom. The van der Waals surface area contributed by atoms with E-state index in [2.05, 4.69) is 15.0 Å². The minimum atomic E-state index is -2.86. The van der Waals surface area contributed by atoms with Crippen LogP contribution in [0, 0.1) is 0 Å². The topological polar surface area (TPSA) is 34.2 Å². The van der Waals surface area contributed by atoms with Gasteiger partial charge in [-0.2, -0.15) is 8.78 Å². The van der Waals surface area contributed by atoms with Crippen LogP contribution in [0.25, 0.3) is 11.3 Å². The van der Waals surface area contributed by atoms with Gasteiger partial charge in [0.05, 0.1) is 10.7 Å². The Balaban J connectivity index is 2.36.